The fraction of sp³-hybridized carbons (Fsp3) is 0.0800. The van der Waals surface area contributed by atoms with Crippen LogP contribution in [0.5, 0.6) is 0 Å². The smallest absolute Gasteiger partial charge is 0.247 e. The van der Waals surface area contributed by atoms with Crippen LogP contribution in [0.25, 0.3) is 11.8 Å². The highest BCUT2D eigenvalue weighted by atomic mass is 35.5. The van der Waals surface area contributed by atoms with E-state index in [-0.39, 0.29) is 17.0 Å². The molecule has 4 rings (SSSR count). The second-order valence-electron chi connectivity index (χ2n) is 8.10. The highest BCUT2D eigenvalue weighted by molar-refractivity contribution is 7.89. The molecule has 0 saturated heterocycles. The quantitative estimate of drug-likeness (QED) is 0.269. The zero-order valence-electron chi connectivity index (χ0n) is 19.7. The molecular formula is C25H22ClN7O4S. The first-order valence-electron chi connectivity index (χ1n) is 11.2. The predicted molar refractivity (Wildman–Crippen MR) is 142 cm³/mol. The minimum absolute atomic E-state index is 0.151. The van der Waals surface area contributed by atoms with E-state index in [1.165, 1.54) is 47.4 Å². The molecule has 1 heterocycles. The van der Waals surface area contributed by atoms with Crippen LogP contribution in [-0.2, 0) is 26.0 Å². The first-order valence-corrected chi connectivity index (χ1v) is 13.1. The zero-order valence-corrected chi connectivity index (χ0v) is 21.3. The van der Waals surface area contributed by atoms with Crippen molar-refractivity contribution in [3.05, 3.63) is 101 Å². The lowest BCUT2D eigenvalue weighted by Crippen LogP contribution is -2.44. The van der Waals surface area contributed by atoms with Gasteiger partial charge in [-0.2, -0.15) is 4.68 Å². The van der Waals surface area contributed by atoms with Crippen molar-refractivity contribution in [2.45, 2.75) is 17.4 Å². The lowest BCUT2D eigenvalue weighted by Gasteiger charge is -2.18. The Balaban J connectivity index is 1.55. The lowest BCUT2D eigenvalue weighted by atomic mass is 10.0. The lowest BCUT2D eigenvalue weighted by molar-refractivity contribution is -0.123. The number of nitrogens with one attached hydrogen (secondary N) is 2. The Bertz CT molecular complexity index is 1580. The average Bonchev–Trinajstić information content (AvgIpc) is 3.42. The minimum Gasteiger partial charge on any atom is -0.340 e. The first kappa shape index (κ1) is 26.7. The van der Waals surface area contributed by atoms with Gasteiger partial charge in [0.25, 0.3) is 0 Å². The molecule has 0 saturated carbocycles. The van der Waals surface area contributed by atoms with Crippen molar-refractivity contribution < 1.29 is 18.0 Å². The molecule has 13 heteroatoms. The molecule has 4 aromatic rings. The van der Waals surface area contributed by atoms with E-state index in [4.69, 9.17) is 16.7 Å². The summed E-state index contributed by atoms with van der Waals surface area (Å²) >= 11 is 6.13. The van der Waals surface area contributed by atoms with Gasteiger partial charge in [0.1, 0.15) is 12.4 Å². The molecule has 38 heavy (non-hydrogen) atoms. The Kier molecular flexibility index (Phi) is 8.26. The second kappa shape index (κ2) is 11.8. The molecule has 0 aliphatic carbocycles. The van der Waals surface area contributed by atoms with Gasteiger partial charge in [-0.25, -0.2) is 13.6 Å². The fourth-order valence-electron chi connectivity index (χ4n) is 3.56. The number of benzene rings is 3. The van der Waals surface area contributed by atoms with Crippen molar-refractivity contribution in [1.29, 1.82) is 0 Å². The number of sulfonamides is 1. The molecular weight excluding hydrogens is 530 g/mol. The summed E-state index contributed by atoms with van der Waals surface area (Å²) in [5, 5.41) is 22.1. The van der Waals surface area contributed by atoms with E-state index in [1.54, 1.807) is 18.2 Å². The summed E-state index contributed by atoms with van der Waals surface area (Å²) in [6.07, 6.45) is 4.40. The topological polar surface area (TPSA) is 162 Å². The Morgan fingerprint density at radius 3 is 2.55 bits per heavy atom. The van der Waals surface area contributed by atoms with Gasteiger partial charge >= 0.3 is 0 Å². The number of nitrogens with two attached hydrogens (primary N) is 1. The molecule has 194 valence electrons. The number of primary sulfonamides is 1. The third kappa shape index (κ3) is 7.09. The number of carbonyl (C=O) groups is 2. The normalized spacial score (nSPS) is 12.3. The molecule has 1 atom stereocenters. The SMILES string of the molecule is NS(=O)(=O)c1cccc(NC(=O)[C@H](Cc2ccccc2)NC(=O)C=Cc2cc(Cl)ccc2-n2cnnn2)c1. The summed E-state index contributed by atoms with van der Waals surface area (Å²) in [6, 6.07) is 18.7. The second-order valence-corrected chi connectivity index (χ2v) is 10.1. The van der Waals surface area contributed by atoms with Gasteiger partial charge in [0.15, 0.2) is 0 Å². The molecule has 11 nitrogen and oxygen atoms in total. The molecule has 4 N–H and O–H groups in total. The van der Waals surface area contributed by atoms with E-state index in [0.29, 0.717) is 16.3 Å². The molecule has 0 unspecified atom stereocenters. The molecule has 0 aliphatic heterocycles. The predicted octanol–water partition coefficient (Wildman–Crippen LogP) is 2.34. The van der Waals surface area contributed by atoms with Crippen molar-refractivity contribution >= 4 is 45.2 Å². The number of hydrogen-bond donors (Lipinski definition) is 3. The highest BCUT2D eigenvalue weighted by Gasteiger charge is 2.21. The van der Waals surface area contributed by atoms with E-state index >= 15 is 0 Å². The third-order valence-corrected chi connectivity index (χ3v) is 6.49. The Morgan fingerprint density at radius 2 is 1.84 bits per heavy atom. The summed E-state index contributed by atoms with van der Waals surface area (Å²) in [7, 11) is -3.96. The van der Waals surface area contributed by atoms with Crippen LogP contribution in [0.3, 0.4) is 0 Å². The summed E-state index contributed by atoms with van der Waals surface area (Å²) in [5.41, 5.74) is 2.20. The van der Waals surface area contributed by atoms with E-state index in [0.717, 1.165) is 5.56 Å². The Labute approximate surface area is 223 Å². The number of rotatable bonds is 9. The van der Waals surface area contributed by atoms with E-state index in [1.807, 2.05) is 30.3 Å². The minimum atomic E-state index is -3.96. The first-order chi connectivity index (χ1) is 18.2. The van der Waals surface area contributed by atoms with Crippen LogP contribution in [0.1, 0.15) is 11.1 Å². The molecule has 3 aromatic carbocycles. The summed E-state index contributed by atoms with van der Waals surface area (Å²) in [5.74, 6) is -1.08. The monoisotopic (exact) mass is 551 g/mol. The fourth-order valence-corrected chi connectivity index (χ4v) is 4.30. The number of tetrazole rings is 1. The molecule has 0 spiro atoms. The molecule has 0 fully saturated rings. The van der Waals surface area contributed by atoms with Crippen molar-refractivity contribution in [2.24, 2.45) is 5.14 Å². The van der Waals surface area contributed by atoms with Gasteiger partial charge in [-0.1, -0.05) is 48.0 Å². The number of halogens is 1. The van der Waals surface area contributed by atoms with E-state index in [9.17, 15) is 18.0 Å². The third-order valence-electron chi connectivity index (χ3n) is 5.35. The number of nitrogens with zero attached hydrogens (tertiary/aromatic N) is 4. The summed E-state index contributed by atoms with van der Waals surface area (Å²) in [6.45, 7) is 0. The molecule has 2 amide bonds. The number of anilines is 1. The van der Waals surface area contributed by atoms with Gasteiger partial charge in [0.2, 0.25) is 21.8 Å². The van der Waals surface area contributed by atoms with Crippen LogP contribution < -0.4 is 15.8 Å². The number of aromatic nitrogens is 4. The Morgan fingerprint density at radius 1 is 1.05 bits per heavy atom. The molecule has 0 aliphatic rings. The maximum absolute atomic E-state index is 13.2. The maximum Gasteiger partial charge on any atom is 0.247 e. The van der Waals surface area contributed by atoms with Crippen LogP contribution in [0.4, 0.5) is 5.69 Å². The van der Waals surface area contributed by atoms with Crippen LogP contribution in [0, 0.1) is 0 Å². The average molecular weight is 552 g/mol. The van der Waals surface area contributed by atoms with Gasteiger partial charge in [-0.3, -0.25) is 9.59 Å². The van der Waals surface area contributed by atoms with E-state index in [2.05, 4.69) is 26.2 Å². The number of carbonyl (C=O) groups excluding carboxylic acids is 2. The Hall–Kier alpha value is -4.39. The van der Waals surface area contributed by atoms with Gasteiger partial charge in [0.05, 0.1) is 10.6 Å². The highest BCUT2D eigenvalue weighted by Crippen LogP contribution is 2.20. The van der Waals surface area contributed by atoms with Gasteiger partial charge in [-0.05, 0) is 58.5 Å². The van der Waals surface area contributed by atoms with Crippen molar-refractivity contribution in [3.8, 4) is 5.69 Å². The van der Waals surface area contributed by atoms with Crippen LogP contribution in [0.15, 0.2) is 90.1 Å². The zero-order chi connectivity index (χ0) is 27.1. The van der Waals surface area contributed by atoms with Crippen LogP contribution in [-0.4, -0.2) is 46.5 Å². The van der Waals surface area contributed by atoms with Gasteiger partial charge < -0.3 is 10.6 Å². The van der Waals surface area contributed by atoms with Gasteiger partial charge in [-0.15, -0.1) is 5.10 Å². The van der Waals surface area contributed by atoms with Gasteiger partial charge in [0, 0.05) is 28.8 Å². The summed E-state index contributed by atoms with van der Waals surface area (Å²) in [4.78, 5) is 25.9. The van der Waals surface area contributed by atoms with Crippen molar-refractivity contribution in [2.75, 3.05) is 5.32 Å². The molecule has 0 radical (unpaired) electrons. The van der Waals surface area contributed by atoms with Crippen LogP contribution in [0.2, 0.25) is 5.02 Å². The number of amides is 2. The maximum atomic E-state index is 13.2. The largest absolute Gasteiger partial charge is 0.340 e. The number of hydrogen-bond acceptors (Lipinski definition) is 7. The van der Waals surface area contributed by atoms with Crippen molar-refractivity contribution in [1.82, 2.24) is 25.5 Å². The standard InChI is InChI=1S/C25H22ClN7O4S/c26-19-10-11-23(33-16-28-31-32-33)18(14-19)9-12-24(34)30-22(13-17-5-2-1-3-6-17)25(35)29-20-7-4-8-21(15-20)38(27,36)37/h1-12,14-16,22H,13H2,(H,29,35)(H,30,34)(H2,27,36,37)/t22-/m0/s1. The summed E-state index contributed by atoms with van der Waals surface area (Å²) < 4.78 is 24.8. The molecule has 0 bridgehead atoms. The van der Waals surface area contributed by atoms with Crippen molar-refractivity contribution in [3.63, 3.8) is 0 Å². The molecule has 1 aromatic heterocycles. The van der Waals surface area contributed by atoms with Crippen LogP contribution >= 0.6 is 11.6 Å². The van der Waals surface area contributed by atoms with E-state index < -0.39 is 27.9 Å².